The van der Waals surface area contributed by atoms with Crippen molar-refractivity contribution in [2.24, 2.45) is 9.98 Å². The van der Waals surface area contributed by atoms with E-state index in [1.807, 2.05) is 6.07 Å². The number of amidine groups is 2. The Morgan fingerprint density at radius 3 is 1.83 bits per heavy atom. The van der Waals surface area contributed by atoms with Gasteiger partial charge in [-0.25, -0.2) is 9.98 Å². The highest BCUT2D eigenvalue weighted by Gasteiger charge is 2.47. The van der Waals surface area contributed by atoms with Crippen molar-refractivity contribution in [2.75, 3.05) is 0 Å². The Labute approximate surface area is 399 Å². The zero-order valence-electron chi connectivity index (χ0n) is 37.4. The molecular formula is C64H42N4O. The average Bonchev–Trinajstić information content (AvgIpc) is 4.07. The first kappa shape index (κ1) is 39.1. The second-order valence-electron chi connectivity index (χ2n) is 18.1. The van der Waals surface area contributed by atoms with Crippen LogP contribution in [0.5, 0.6) is 0 Å². The normalized spacial score (nSPS) is 14.9. The summed E-state index contributed by atoms with van der Waals surface area (Å²) in [6.45, 7) is 0. The first-order chi connectivity index (χ1) is 34.2. The molecule has 0 spiro atoms. The molecule has 5 nitrogen and oxygen atoms in total. The molecule has 14 rings (SSSR count). The second-order valence-corrected chi connectivity index (χ2v) is 18.1. The molecule has 69 heavy (non-hydrogen) atoms. The van der Waals surface area contributed by atoms with E-state index in [0.29, 0.717) is 5.84 Å². The quantitative estimate of drug-likeness (QED) is 0.173. The standard InChI is InChI=1S/C64H42N4O/c1-5-18-41(19-6-1)61-65-62(67-63(66-61)51-28-17-30-55-60(51)50-27-13-15-29-54(50)64(55,45-20-7-2-8-21-45)46-22-9-3-10-23-46)44-32-35-49-53-39-43(34-37-58(53)69-59(49)40-44)42-33-36-57-52(38-42)48-26-14-16-31-56(48)68(57)47-24-11-4-12-25-47/h1-40,61H,(H,65,66,67). The lowest BCUT2D eigenvalue weighted by Gasteiger charge is -2.34. The smallest absolute Gasteiger partial charge is 0.160 e. The lowest BCUT2D eigenvalue weighted by atomic mass is 9.67. The van der Waals surface area contributed by atoms with Crippen molar-refractivity contribution >= 4 is 55.4 Å². The zero-order chi connectivity index (χ0) is 45.5. The van der Waals surface area contributed by atoms with Gasteiger partial charge in [-0.15, -0.1) is 0 Å². The van der Waals surface area contributed by atoms with Gasteiger partial charge in [-0.05, 0) is 105 Å². The van der Waals surface area contributed by atoms with Gasteiger partial charge in [-0.2, -0.15) is 0 Å². The highest BCUT2D eigenvalue weighted by atomic mass is 16.3. The van der Waals surface area contributed by atoms with Gasteiger partial charge in [0.05, 0.1) is 16.4 Å². The maximum Gasteiger partial charge on any atom is 0.160 e. The molecule has 1 aliphatic heterocycles. The van der Waals surface area contributed by atoms with Gasteiger partial charge in [-0.3, -0.25) is 0 Å². The van der Waals surface area contributed by atoms with Crippen LogP contribution in [0, 0.1) is 0 Å². The largest absolute Gasteiger partial charge is 0.456 e. The summed E-state index contributed by atoms with van der Waals surface area (Å²) in [5, 5.41) is 8.31. The van der Waals surface area contributed by atoms with Crippen molar-refractivity contribution in [1.82, 2.24) is 9.88 Å². The Morgan fingerprint density at radius 1 is 0.435 bits per heavy atom. The Morgan fingerprint density at radius 2 is 1.04 bits per heavy atom. The van der Waals surface area contributed by atoms with Crippen LogP contribution in [-0.2, 0) is 5.41 Å². The number of aliphatic imine (C=N–C) groups is 2. The van der Waals surface area contributed by atoms with E-state index in [1.165, 1.54) is 49.6 Å². The van der Waals surface area contributed by atoms with Crippen LogP contribution in [0.25, 0.3) is 71.7 Å². The highest BCUT2D eigenvalue weighted by molar-refractivity contribution is 6.18. The van der Waals surface area contributed by atoms with Crippen molar-refractivity contribution in [3.63, 3.8) is 0 Å². The van der Waals surface area contributed by atoms with E-state index in [9.17, 15) is 0 Å². The molecule has 12 aromatic rings. The molecule has 2 aliphatic rings. The molecule has 0 radical (unpaired) electrons. The molecule has 324 valence electrons. The van der Waals surface area contributed by atoms with Crippen molar-refractivity contribution < 1.29 is 4.42 Å². The van der Waals surface area contributed by atoms with Gasteiger partial charge in [0.1, 0.15) is 23.2 Å². The fraction of sp³-hybridized carbons (Fsp3) is 0.0312. The van der Waals surface area contributed by atoms with Crippen molar-refractivity contribution in [3.05, 3.63) is 282 Å². The second kappa shape index (κ2) is 15.5. The van der Waals surface area contributed by atoms with Crippen molar-refractivity contribution in [1.29, 1.82) is 0 Å². The third kappa shape index (κ3) is 6.04. The Balaban J connectivity index is 0.889. The number of furan rings is 1. The molecule has 1 unspecified atom stereocenters. The summed E-state index contributed by atoms with van der Waals surface area (Å²) in [6, 6.07) is 86.9. The summed E-state index contributed by atoms with van der Waals surface area (Å²) in [6.07, 6.45) is -0.373. The lowest BCUT2D eigenvalue weighted by Crippen LogP contribution is -2.33. The van der Waals surface area contributed by atoms with Gasteiger partial charge in [0.2, 0.25) is 0 Å². The summed E-state index contributed by atoms with van der Waals surface area (Å²) >= 11 is 0. The average molecular weight is 883 g/mol. The van der Waals surface area contributed by atoms with E-state index in [1.54, 1.807) is 0 Å². The zero-order valence-corrected chi connectivity index (χ0v) is 37.4. The number of para-hydroxylation sites is 2. The Bertz CT molecular complexity index is 4000. The first-order valence-corrected chi connectivity index (χ1v) is 23.6. The molecular weight excluding hydrogens is 841 g/mol. The molecule has 1 N–H and O–H groups in total. The van der Waals surface area contributed by atoms with E-state index in [4.69, 9.17) is 14.4 Å². The van der Waals surface area contributed by atoms with Crippen LogP contribution in [0.2, 0.25) is 0 Å². The van der Waals surface area contributed by atoms with Crippen LogP contribution in [0.1, 0.15) is 45.1 Å². The van der Waals surface area contributed by atoms with Crippen LogP contribution in [0.3, 0.4) is 0 Å². The van der Waals surface area contributed by atoms with E-state index < -0.39 is 5.41 Å². The van der Waals surface area contributed by atoms with Crippen LogP contribution in [0.4, 0.5) is 0 Å². The minimum atomic E-state index is -0.537. The number of aromatic nitrogens is 1. The maximum absolute atomic E-state index is 6.67. The number of fused-ring (bicyclic) bond motifs is 9. The van der Waals surface area contributed by atoms with Gasteiger partial charge in [-0.1, -0.05) is 188 Å². The number of rotatable bonds is 7. The predicted octanol–water partition coefficient (Wildman–Crippen LogP) is 15.2. The van der Waals surface area contributed by atoms with E-state index in [-0.39, 0.29) is 6.17 Å². The van der Waals surface area contributed by atoms with E-state index in [2.05, 4.69) is 246 Å². The first-order valence-electron chi connectivity index (χ1n) is 23.6. The Hall–Kier alpha value is -9.06. The number of benzene rings is 10. The Kier molecular flexibility index (Phi) is 8.80. The highest BCUT2D eigenvalue weighted by Crippen LogP contribution is 2.57. The molecule has 0 fully saturated rings. The van der Waals surface area contributed by atoms with Crippen LogP contribution < -0.4 is 5.32 Å². The molecule has 2 aromatic heterocycles. The van der Waals surface area contributed by atoms with E-state index >= 15 is 0 Å². The minimum Gasteiger partial charge on any atom is -0.456 e. The summed E-state index contributed by atoms with van der Waals surface area (Å²) in [4.78, 5) is 10.9. The molecule has 5 heteroatoms. The molecule has 0 saturated carbocycles. The number of hydrogen-bond donors (Lipinski definition) is 1. The molecule has 3 heterocycles. The maximum atomic E-state index is 6.67. The van der Waals surface area contributed by atoms with Crippen LogP contribution in [0.15, 0.2) is 257 Å². The van der Waals surface area contributed by atoms with E-state index in [0.717, 1.165) is 66.8 Å². The minimum absolute atomic E-state index is 0.373. The third-order valence-corrected chi connectivity index (χ3v) is 14.3. The SMILES string of the molecule is c1ccc(C2N=C(c3cccc4c3-c3ccccc3C4(c3ccccc3)c3ccccc3)N=C(c3ccc4c(c3)oc3ccc(-c5ccc6c(c5)c5ccccc5n6-c5ccccc5)cc34)N2)cc1. The third-order valence-electron chi connectivity index (χ3n) is 14.3. The van der Waals surface area contributed by atoms with Gasteiger partial charge in [0, 0.05) is 38.4 Å². The molecule has 1 aliphatic carbocycles. The predicted molar refractivity (Wildman–Crippen MR) is 283 cm³/mol. The van der Waals surface area contributed by atoms with Gasteiger partial charge in [0.15, 0.2) is 5.84 Å². The number of nitrogens with one attached hydrogen (secondary N) is 1. The molecule has 1 atom stereocenters. The fourth-order valence-electron chi connectivity index (χ4n) is 11.3. The molecule has 10 aromatic carbocycles. The van der Waals surface area contributed by atoms with Crippen LogP contribution >= 0.6 is 0 Å². The molecule has 0 amide bonds. The topological polar surface area (TPSA) is 54.8 Å². The monoisotopic (exact) mass is 882 g/mol. The van der Waals surface area contributed by atoms with Crippen molar-refractivity contribution in [3.8, 4) is 27.9 Å². The number of hydrogen-bond acceptors (Lipinski definition) is 4. The molecule has 0 bridgehead atoms. The summed E-state index contributed by atoms with van der Waals surface area (Å²) in [5.74, 6) is 1.42. The number of nitrogens with zero attached hydrogens (tertiary/aromatic N) is 3. The van der Waals surface area contributed by atoms with Gasteiger partial charge in [0.25, 0.3) is 0 Å². The lowest BCUT2D eigenvalue weighted by molar-refractivity contribution is 0.666. The fourth-order valence-corrected chi connectivity index (χ4v) is 11.3. The summed E-state index contributed by atoms with van der Waals surface area (Å²) in [7, 11) is 0. The van der Waals surface area contributed by atoms with Crippen molar-refractivity contribution in [2.45, 2.75) is 11.6 Å². The summed E-state index contributed by atoms with van der Waals surface area (Å²) < 4.78 is 9.02. The summed E-state index contributed by atoms with van der Waals surface area (Å²) in [5.41, 5.74) is 17.1. The van der Waals surface area contributed by atoms with Gasteiger partial charge < -0.3 is 14.3 Å². The van der Waals surface area contributed by atoms with Gasteiger partial charge >= 0.3 is 0 Å². The molecule has 0 saturated heterocycles. The van der Waals surface area contributed by atoms with Crippen LogP contribution in [-0.4, -0.2) is 16.2 Å².